The fraction of sp³-hybridized carbons (Fsp3) is 0.316. The average Bonchev–Trinajstić information content (AvgIpc) is 2.61. The van der Waals surface area contributed by atoms with Gasteiger partial charge >= 0.3 is 5.97 Å². The van der Waals surface area contributed by atoms with Gasteiger partial charge in [0.2, 0.25) is 0 Å². The lowest BCUT2D eigenvalue weighted by Crippen LogP contribution is -2.36. The lowest BCUT2D eigenvalue weighted by molar-refractivity contribution is -0.142. The van der Waals surface area contributed by atoms with Crippen LogP contribution in [0.25, 0.3) is 0 Å². The van der Waals surface area contributed by atoms with Crippen LogP contribution >= 0.6 is 0 Å². The van der Waals surface area contributed by atoms with Gasteiger partial charge in [0, 0.05) is 18.8 Å². The molecule has 1 fully saturated rings. The highest BCUT2D eigenvalue weighted by Crippen LogP contribution is 2.24. The average molecular weight is 329 g/mol. The zero-order valence-corrected chi connectivity index (χ0v) is 13.3. The smallest absolute Gasteiger partial charge is 0.306 e. The molecule has 126 valence electrons. The van der Waals surface area contributed by atoms with Gasteiger partial charge in [-0.15, -0.1) is 0 Å². The van der Waals surface area contributed by atoms with Crippen LogP contribution in [0.1, 0.15) is 18.4 Å². The number of carboxylic acids is 1. The number of nitrogens with zero attached hydrogens (tertiary/aromatic N) is 1. The summed E-state index contributed by atoms with van der Waals surface area (Å²) >= 11 is 0. The van der Waals surface area contributed by atoms with E-state index >= 15 is 0 Å². The molecule has 5 heteroatoms. The highest BCUT2D eigenvalue weighted by Gasteiger charge is 2.24. The predicted molar refractivity (Wildman–Crippen MR) is 89.7 cm³/mol. The SMILES string of the molecule is O=C(O)C1CCN(c2cccc(COc3ccc(F)cc3)c2)CC1. The van der Waals surface area contributed by atoms with Crippen molar-refractivity contribution in [3.63, 3.8) is 0 Å². The molecule has 2 aromatic carbocycles. The van der Waals surface area contributed by atoms with E-state index in [1.807, 2.05) is 18.2 Å². The molecule has 1 saturated heterocycles. The molecule has 0 radical (unpaired) electrons. The Morgan fingerprint density at radius 2 is 1.88 bits per heavy atom. The number of halogens is 1. The maximum Gasteiger partial charge on any atom is 0.306 e. The fourth-order valence-corrected chi connectivity index (χ4v) is 2.93. The number of hydrogen-bond acceptors (Lipinski definition) is 3. The molecule has 0 aromatic heterocycles. The van der Waals surface area contributed by atoms with Gasteiger partial charge in [-0.3, -0.25) is 4.79 Å². The van der Waals surface area contributed by atoms with Crippen molar-refractivity contribution in [2.24, 2.45) is 5.92 Å². The largest absolute Gasteiger partial charge is 0.489 e. The Morgan fingerprint density at radius 3 is 2.54 bits per heavy atom. The molecular weight excluding hydrogens is 309 g/mol. The van der Waals surface area contributed by atoms with E-state index in [1.54, 1.807) is 12.1 Å². The molecule has 0 aliphatic carbocycles. The summed E-state index contributed by atoms with van der Waals surface area (Å²) in [5, 5.41) is 9.08. The van der Waals surface area contributed by atoms with E-state index in [4.69, 9.17) is 9.84 Å². The van der Waals surface area contributed by atoms with Gasteiger partial charge in [0.15, 0.2) is 0 Å². The zero-order chi connectivity index (χ0) is 16.9. The number of rotatable bonds is 5. The highest BCUT2D eigenvalue weighted by molar-refractivity contribution is 5.70. The number of aliphatic carboxylic acids is 1. The van der Waals surface area contributed by atoms with E-state index < -0.39 is 5.97 Å². The maximum atomic E-state index is 12.9. The Labute approximate surface area is 140 Å². The number of hydrogen-bond donors (Lipinski definition) is 1. The van der Waals surface area contributed by atoms with E-state index in [1.165, 1.54) is 12.1 Å². The van der Waals surface area contributed by atoms with Gasteiger partial charge in [0.25, 0.3) is 0 Å². The van der Waals surface area contributed by atoms with Crippen molar-refractivity contribution < 1.29 is 19.0 Å². The lowest BCUT2D eigenvalue weighted by atomic mass is 9.96. The second-order valence-electron chi connectivity index (χ2n) is 6.01. The first-order valence-corrected chi connectivity index (χ1v) is 8.07. The summed E-state index contributed by atoms with van der Waals surface area (Å²) in [4.78, 5) is 13.2. The summed E-state index contributed by atoms with van der Waals surface area (Å²) in [6, 6.07) is 14.0. The fourth-order valence-electron chi connectivity index (χ4n) is 2.93. The summed E-state index contributed by atoms with van der Waals surface area (Å²) in [6.45, 7) is 1.91. The second kappa shape index (κ2) is 7.34. The predicted octanol–water partition coefficient (Wildman–Crippen LogP) is 3.71. The molecule has 0 bridgehead atoms. The van der Waals surface area contributed by atoms with Crippen LogP contribution < -0.4 is 9.64 Å². The third-order valence-corrected chi connectivity index (χ3v) is 4.34. The third kappa shape index (κ3) is 4.04. The van der Waals surface area contributed by atoms with Gasteiger partial charge in [-0.1, -0.05) is 12.1 Å². The number of carboxylic acid groups (broad SMARTS) is 1. The molecule has 2 aromatic rings. The minimum atomic E-state index is -0.698. The first-order valence-electron chi connectivity index (χ1n) is 8.07. The van der Waals surface area contributed by atoms with Gasteiger partial charge in [-0.25, -0.2) is 4.39 Å². The number of benzene rings is 2. The van der Waals surface area contributed by atoms with Crippen molar-refractivity contribution in [3.8, 4) is 5.75 Å². The molecular formula is C19H20FNO3. The lowest BCUT2D eigenvalue weighted by Gasteiger charge is -2.32. The molecule has 0 amide bonds. The van der Waals surface area contributed by atoms with E-state index in [0.717, 1.165) is 24.3 Å². The van der Waals surface area contributed by atoms with Gasteiger partial charge in [0.1, 0.15) is 18.2 Å². The van der Waals surface area contributed by atoms with Crippen LogP contribution in [-0.2, 0) is 11.4 Å². The number of piperidine rings is 1. The molecule has 0 saturated carbocycles. The number of carbonyl (C=O) groups is 1. The van der Waals surface area contributed by atoms with Crippen LogP contribution in [0.3, 0.4) is 0 Å². The van der Waals surface area contributed by atoms with Crippen LogP contribution in [0.5, 0.6) is 5.75 Å². The van der Waals surface area contributed by atoms with Crippen LogP contribution in [0.2, 0.25) is 0 Å². The molecule has 0 spiro atoms. The van der Waals surface area contributed by atoms with Crippen molar-refractivity contribution in [2.45, 2.75) is 19.4 Å². The van der Waals surface area contributed by atoms with Gasteiger partial charge in [0.05, 0.1) is 5.92 Å². The molecule has 3 rings (SSSR count). The normalized spacial score (nSPS) is 15.3. The third-order valence-electron chi connectivity index (χ3n) is 4.34. The second-order valence-corrected chi connectivity index (χ2v) is 6.01. The Morgan fingerprint density at radius 1 is 1.17 bits per heavy atom. The summed E-state index contributed by atoms with van der Waals surface area (Å²) in [5.74, 6) is -0.583. The minimum absolute atomic E-state index is 0.230. The van der Waals surface area contributed by atoms with Crippen LogP contribution in [0, 0.1) is 11.7 Å². The standard InChI is InChI=1S/C19H20FNO3/c20-16-4-6-18(7-5-16)24-13-14-2-1-3-17(12-14)21-10-8-15(9-11-21)19(22)23/h1-7,12,15H,8-11,13H2,(H,22,23). The monoisotopic (exact) mass is 329 g/mol. The molecule has 1 aliphatic heterocycles. The van der Waals surface area contributed by atoms with E-state index in [9.17, 15) is 9.18 Å². The molecule has 1 heterocycles. The molecule has 24 heavy (non-hydrogen) atoms. The topological polar surface area (TPSA) is 49.8 Å². The Balaban J connectivity index is 1.60. The molecule has 1 aliphatic rings. The van der Waals surface area contributed by atoms with E-state index in [2.05, 4.69) is 11.0 Å². The summed E-state index contributed by atoms with van der Waals surface area (Å²) < 4.78 is 18.6. The summed E-state index contributed by atoms with van der Waals surface area (Å²) in [5.41, 5.74) is 2.11. The van der Waals surface area contributed by atoms with Crippen molar-refractivity contribution in [1.29, 1.82) is 0 Å². The van der Waals surface area contributed by atoms with Crippen molar-refractivity contribution >= 4 is 11.7 Å². The van der Waals surface area contributed by atoms with Crippen molar-refractivity contribution in [2.75, 3.05) is 18.0 Å². The summed E-state index contributed by atoms with van der Waals surface area (Å²) in [6.07, 6.45) is 1.34. The number of ether oxygens (including phenoxy) is 1. The van der Waals surface area contributed by atoms with E-state index in [-0.39, 0.29) is 11.7 Å². The Kier molecular flexibility index (Phi) is 4.99. The molecule has 0 unspecified atom stereocenters. The minimum Gasteiger partial charge on any atom is -0.489 e. The van der Waals surface area contributed by atoms with Gasteiger partial charge in [-0.05, 0) is 54.8 Å². The van der Waals surface area contributed by atoms with Crippen molar-refractivity contribution in [1.82, 2.24) is 0 Å². The molecule has 0 atom stereocenters. The highest BCUT2D eigenvalue weighted by atomic mass is 19.1. The van der Waals surface area contributed by atoms with Crippen molar-refractivity contribution in [3.05, 3.63) is 59.9 Å². The first-order chi connectivity index (χ1) is 11.6. The Hall–Kier alpha value is -2.56. The van der Waals surface area contributed by atoms with Gasteiger partial charge in [-0.2, -0.15) is 0 Å². The molecule has 4 nitrogen and oxygen atoms in total. The van der Waals surface area contributed by atoms with Crippen LogP contribution in [0.4, 0.5) is 10.1 Å². The van der Waals surface area contributed by atoms with Gasteiger partial charge < -0.3 is 14.7 Å². The zero-order valence-electron chi connectivity index (χ0n) is 13.3. The van der Waals surface area contributed by atoms with Crippen LogP contribution in [0.15, 0.2) is 48.5 Å². The number of anilines is 1. The first kappa shape index (κ1) is 16.3. The molecule has 1 N–H and O–H groups in total. The van der Waals surface area contributed by atoms with Crippen LogP contribution in [-0.4, -0.2) is 24.2 Å². The van der Waals surface area contributed by atoms with E-state index in [0.29, 0.717) is 25.2 Å². The maximum absolute atomic E-state index is 12.9. The Bertz CT molecular complexity index is 694. The summed E-state index contributed by atoms with van der Waals surface area (Å²) in [7, 11) is 0. The quantitative estimate of drug-likeness (QED) is 0.908.